The molecule has 2 aliphatic heterocycles. The number of carboxylic acids is 2. The van der Waals surface area contributed by atoms with Gasteiger partial charge in [-0.15, -0.1) is 0 Å². The molecule has 2 saturated heterocycles. The van der Waals surface area contributed by atoms with Crippen molar-refractivity contribution in [1.29, 1.82) is 0 Å². The maximum absolute atomic E-state index is 13.4. The van der Waals surface area contributed by atoms with E-state index in [2.05, 4.69) is 16.7 Å². The van der Waals surface area contributed by atoms with Crippen molar-refractivity contribution in [2.75, 3.05) is 46.8 Å². The topological polar surface area (TPSA) is 101 Å². The number of benzene rings is 1. The summed E-state index contributed by atoms with van der Waals surface area (Å²) in [4.78, 5) is 37.3. The molecule has 0 aromatic heterocycles. The third kappa shape index (κ3) is 9.74. The Kier molecular flexibility index (Phi) is 11.5. The minimum atomic E-state index is -5.08. The lowest BCUT2D eigenvalue weighted by Crippen LogP contribution is -2.41. The van der Waals surface area contributed by atoms with Crippen molar-refractivity contribution in [2.24, 2.45) is 11.3 Å². The molecule has 2 N–H and O–H groups in total. The summed E-state index contributed by atoms with van der Waals surface area (Å²) in [5.74, 6) is -5.04. The summed E-state index contributed by atoms with van der Waals surface area (Å²) < 4.78 is 76.9. The van der Waals surface area contributed by atoms with Crippen LogP contribution in [0.5, 0.6) is 0 Å². The molecule has 2 atom stereocenters. The van der Waals surface area contributed by atoms with Gasteiger partial charge < -0.3 is 20.0 Å². The lowest BCUT2D eigenvalue weighted by molar-refractivity contribution is -0.193. The first kappa shape index (κ1) is 33.1. The van der Waals surface area contributed by atoms with Gasteiger partial charge in [-0.3, -0.25) is 9.69 Å². The van der Waals surface area contributed by atoms with E-state index in [1.54, 1.807) is 12.1 Å². The van der Waals surface area contributed by atoms with Crippen molar-refractivity contribution in [3.63, 3.8) is 0 Å². The van der Waals surface area contributed by atoms with Crippen LogP contribution >= 0.6 is 0 Å². The summed E-state index contributed by atoms with van der Waals surface area (Å²) in [6, 6.07) is 6.78. The van der Waals surface area contributed by atoms with Crippen molar-refractivity contribution in [2.45, 2.75) is 32.2 Å². The summed E-state index contributed by atoms with van der Waals surface area (Å²) in [5, 5.41) is 14.2. The molecule has 1 aromatic carbocycles. The van der Waals surface area contributed by atoms with Crippen molar-refractivity contribution >= 4 is 17.8 Å². The van der Waals surface area contributed by atoms with Crippen LogP contribution in [0.4, 0.5) is 30.7 Å². The van der Waals surface area contributed by atoms with E-state index in [0.29, 0.717) is 11.8 Å². The molecule has 0 radical (unpaired) electrons. The molecular formula is C23H30F7N3O5. The molecule has 3 rings (SSSR count). The van der Waals surface area contributed by atoms with Gasteiger partial charge in [0.15, 0.2) is 0 Å². The first-order valence-electron chi connectivity index (χ1n) is 11.3. The number of halogens is 7. The van der Waals surface area contributed by atoms with Crippen LogP contribution in [0.3, 0.4) is 0 Å². The van der Waals surface area contributed by atoms with Gasteiger partial charge in [-0.1, -0.05) is 19.1 Å². The second kappa shape index (κ2) is 13.2. The van der Waals surface area contributed by atoms with E-state index in [1.807, 2.05) is 25.1 Å². The van der Waals surface area contributed by atoms with Gasteiger partial charge in [-0.05, 0) is 44.1 Å². The molecule has 1 amide bonds. The van der Waals surface area contributed by atoms with E-state index in [9.17, 15) is 35.5 Å². The molecule has 0 bridgehead atoms. The van der Waals surface area contributed by atoms with E-state index in [-0.39, 0.29) is 11.2 Å². The number of nitrogens with zero attached hydrogens (tertiary/aromatic N) is 3. The Labute approximate surface area is 214 Å². The van der Waals surface area contributed by atoms with E-state index >= 15 is 0 Å². The minimum Gasteiger partial charge on any atom is -0.475 e. The van der Waals surface area contributed by atoms with Gasteiger partial charge in [0.2, 0.25) is 5.91 Å². The molecule has 0 unspecified atom stereocenters. The molecule has 0 aliphatic carbocycles. The Balaban J connectivity index is 0.000000426. The smallest absolute Gasteiger partial charge is 0.475 e. The maximum atomic E-state index is 13.4. The van der Waals surface area contributed by atoms with Crippen molar-refractivity contribution < 1.29 is 55.3 Å². The molecule has 216 valence electrons. The first-order valence-corrected chi connectivity index (χ1v) is 11.3. The van der Waals surface area contributed by atoms with Gasteiger partial charge >= 0.3 is 24.3 Å². The number of hydrogen-bond acceptors (Lipinski definition) is 5. The molecule has 1 spiro atoms. The van der Waals surface area contributed by atoms with Crippen LogP contribution in [0.2, 0.25) is 0 Å². The van der Waals surface area contributed by atoms with E-state index in [1.165, 1.54) is 6.07 Å². The number of carbonyl (C=O) groups excluding carboxylic acids is 1. The summed E-state index contributed by atoms with van der Waals surface area (Å²) in [5.41, 5.74) is 0.744. The summed E-state index contributed by atoms with van der Waals surface area (Å²) in [6.45, 7) is 7.19. The Hall–Kier alpha value is -2.94. The SMILES string of the molecule is C[C@@H]1CN(Cc2cccc(F)c2)C[C@]12CCN(CCN(C)C)C2=O.O=C(O)C(F)(F)F.O=C(O)C(F)(F)F. The number of likely N-dealkylation sites (N-methyl/N-ethyl adjacent to an activating group) is 1. The Bertz CT molecular complexity index is 947. The number of likely N-dealkylation sites (tertiary alicyclic amines) is 2. The quantitative estimate of drug-likeness (QED) is 0.532. The third-order valence-electron chi connectivity index (χ3n) is 6.12. The number of carboxylic acid groups (broad SMARTS) is 2. The third-order valence-corrected chi connectivity index (χ3v) is 6.12. The maximum Gasteiger partial charge on any atom is 0.490 e. The highest BCUT2D eigenvalue weighted by atomic mass is 19.4. The predicted octanol–water partition coefficient (Wildman–Crippen LogP) is 3.32. The lowest BCUT2D eigenvalue weighted by atomic mass is 9.78. The molecule has 2 aliphatic rings. The van der Waals surface area contributed by atoms with Crippen LogP contribution in [-0.4, -0.2) is 102 Å². The highest BCUT2D eigenvalue weighted by Crippen LogP contribution is 2.45. The van der Waals surface area contributed by atoms with E-state index < -0.39 is 24.3 Å². The zero-order chi connectivity index (χ0) is 29.5. The van der Waals surface area contributed by atoms with Crippen LogP contribution in [0.25, 0.3) is 0 Å². The molecule has 2 fully saturated rings. The predicted molar refractivity (Wildman–Crippen MR) is 120 cm³/mol. The van der Waals surface area contributed by atoms with Crippen LogP contribution in [0.15, 0.2) is 24.3 Å². The van der Waals surface area contributed by atoms with Crippen LogP contribution in [0, 0.1) is 17.2 Å². The molecular weight excluding hydrogens is 531 g/mol. The zero-order valence-electron chi connectivity index (χ0n) is 20.9. The number of hydrogen-bond donors (Lipinski definition) is 2. The van der Waals surface area contributed by atoms with E-state index in [0.717, 1.165) is 51.3 Å². The van der Waals surface area contributed by atoms with Crippen molar-refractivity contribution in [3.05, 3.63) is 35.6 Å². The normalized spacial score (nSPS) is 21.7. The average molecular weight is 561 g/mol. The summed E-state index contributed by atoms with van der Waals surface area (Å²) >= 11 is 0. The Morgan fingerprint density at radius 1 is 1.08 bits per heavy atom. The monoisotopic (exact) mass is 561 g/mol. The fraction of sp³-hybridized carbons (Fsp3) is 0.609. The van der Waals surface area contributed by atoms with Crippen molar-refractivity contribution in [1.82, 2.24) is 14.7 Å². The van der Waals surface area contributed by atoms with Gasteiger partial charge in [-0.2, -0.15) is 26.3 Å². The van der Waals surface area contributed by atoms with Gasteiger partial charge in [0.05, 0.1) is 5.41 Å². The molecule has 38 heavy (non-hydrogen) atoms. The largest absolute Gasteiger partial charge is 0.490 e. The second-order valence-electron chi connectivity index (χ2n) is 9.31. The molecule has 0 saturated carbocycles. The van der Waals surface area contributed by atoms with Gasteiger partial charge in [0.1, 0.15) is 5.82 Å². The van der Waals surface area contributed by atoms with Gasteiger partial charge in [0, 0.05) is 39.3 Å². The van der Waals surface area contributed by atoms with Crippen LogP contribution < -0.4 is 0 Å². The number of alkyl halides is 6. The standard InChI is InChI=1S/C19H28FN3O.2C2HF3O2/c1-15-12-22(13-16-5-4-6-17(20)11-16)14-19(15)7-8-23(18(19)24)10-9-21(2)3;2*3-2(4,5)1(6)7/h4-6,11,15H,7-10,12-14H2,1-3H3;2*(H,6,7)/t15-,19-;;/m1../s1. The average Bonchev–Trinajstić information content (AvgIpc) is 3.25. The number of aliphatic carboxylic acids is 2. The van der Waals surface area contributed by atoms with Gasteiger partial charge in [-0.25, -0.2) is 14.0 Å². The second-order valence-corrected chi connectivity index (χ2v) is 9.31. The Morgan fingerprint density at radius 2 is 1.61 bits per heavy atom. The summed E-state index contributed by atoms with van der Waals surface area (Å²) in [6.07, 6.45) is -9.22. The molecule has 15 heteroatoms. The van der Waals surface area contributed by atoms with E-state index in [4.69, 9.17) is 19.8 Å². The number of amides is 1. The fourth-order valence-electron chi connectivity index (χ4n) is 4.19. The highest BCUT2D eigenvalue weighted by Gasteiger charge is 2.54. The lowest BCUT2D eigenvalue weighted by Gasteiger charge is -2.27. The Morgan fingerprint density at radius 3 is 2.05 bits per heavy atom. The van der Waals surface area contributed by atoms with Crippen molar-refractivity contribution in [3.8, 4) is 0 Å². The minimum absolute atomic E-state index is 0.193. The zero-order valence-corrected chi connectivity index (χ0v) is 20.9. The molecule has 2 heterocycles. The van der Waals surface area contributed by atoms with Crippen LogP contribution in [-0.2, 0) is 20.9 Å². The summed E-state index contributed by atoms with van der Waals surface area (Å²) in [7, 11) is 4.07. The molecule has 8 nitrogen and oxygen atoms in total. The number of rotatable bonds is 5. The fourth-order valence-corrected chi connectivity index (χ4v) is 4.19. The highest BCUT2D eigenvalue weighted by molar-refractivity contribution is 5.86. The first-order chi connectivity index (χ1) is 17.3. The van der Waals surface area contributed by atoms with Gasteiger partial charge in [0.25, 0.3) is 0 Å². The van der Waals surface area contributed by atoms with Crippen LogP contribution in [0.1, 0.15) is 18.9 Å². The molecule has 1 aromatic rings. The number of carbonyl (C=O) groups is 3.